The maximum atomic E-state index is 12.1. The number of nitrogens with two attached hydrogens (primary N) is 1. The van der Waals surface area contributed by atoms with E-state index in [0.29, 0.717) is 23.5 Å². The van der Waals surface area contributed by atoms with Crippen LogP contribution in [0.1, 0.15) is 51.4 Å². The first-order chi connectivity index (χ1) is 14.9. The van der Waals surface area contributed by atoms with Gasteiger partial charge in [0.25, 0.3) is 0 Å². The molecule has 1 aliphatic heterocycles. The van der Waals surface area contributed by atoms with Gasteiger partial charge in [0.1, 0.15) is 5.78 Å². The monoisotopic (exact) mass is 453 g/mol. The van der Waals surface area contributed by atoms with Crippen molar-refractivity contribution in [1.29, 1.82) is 0 Å². The molecule has 3 aromatic rings. The number of anilines is 1. The van der Waals surface area contributed by atoms with Crippen LogP contribution in [0.3, 0.4) is 0 Å². The number of benzene rings is 2. The normalized spacial score (nSPS) is 13.2. The summed E-state index contributed by atoms with van der Waals surface area (Å²) in [6, 6.07) is 10.1. The van der Waals surface area contributed by atoms with Crippen LogP contribution in [0.15, 0.2) is 30.3 Å². The molecule has 2 N–H and O–H groups in total. The van der Waals surface area contributed by atoms with Crippen molar-refractivity contribution in [2.75, 3.05) is 18.1 Å². The topological polar surface area (TPSA) is 51.3 Å². The summed E-state index contributed by atoms with van der Waals surface area (Å²) in [7, 11) is 0. The first kappa shape index (κ1) is 24.3. The van der Waals surface area contributed by atoms with E-state index < -0.39 is 0 Å². The number of hydrogen-bond donors (Lipinski definition) is 1. The molecule has 1 aliphatic rings. The number of halogens is 1. The summed E-state index contributed by atoms with van der Waals surface area (Å²) in [6.45, 7) is 16.9. The van der Waals surface area contributed by atoms with Crippen LogP contribution in [-0.2, 0) is 17.8 Å². The fourth-order valence-corrected chi connectivity index (χ4v) is 4.53. The Bertz CT molecular complexity index is 1130. The Morgan fingerprint density at radius 2 is 1.69 bits per heavy atom. The van der Waals surface area contributed by atoms with Crippen molar-refractivity contribution in [3.63, 3.8) is 0 Å². The van der Waals surface area contributed by atoms with Gasteiger partial charge in [-0.25, -0.2) is 0 Å². The van der Waals surface area contributed by atoms with E-state index in [4.69, 9.17) is 17.3 Å². The Balaban J connectivity index is 0.000000523. The van der Waals surface area contributed by atoms with Crippen molar-refractivity contribution < 1.29 is 4.79 Å². The first-order valence-corrected chi connectivity index (χ1v) is 11.7. The van der Waals surface area contributed by atoms with Crippen LogP contribution in [0.25, 0.3) is 22.0 Å². The summed E-state index contributed by atoms with van der Waals surface area (Å²) in [5, 5.41) is 1.89. The third kappa shape index (κ3) is 5.02. The van der Waals surface area contributed by atoms with E-state index in [-0.39, 0.29) is 5.78 Å². The van der Waals surface area contributed by atoms with Crippen LogP contribution in [0.2, 0.25) is 5.02 Å². The number of ketones is 1. The number of aromatic nitrogens is 1. The lowest BCUT2D eigenvalue weighted by molar-refractivity contribution is -0.116. The van der Waals surface area contributed by atoms with E-state index in [2.05, 4.69) is 57.1 Å². The molecule has 0 fully saturated rings. The number of carbonyl (C=O) groups excluding carboxylic acids is 1. The van der Waals surface area contributed by atoms with Crippen molar-refractivity contribution in [3.8, 4) is 11.1 Å². The molecule has 0 spiro atoms. The molecule has 0 unspecified atom stereocenters. The molecule has 4 rings (SSSR count). The largest absolute Gasteiger partial charge is 0.355 e. The predicted octanol–water partition coefficient (Wildman–Crippen LogP) is 6.50. The van der Waals surface area contributed by atoms with Gasteiger partial charge in [-0.1, -0.05) is 51.4 Å². The molecule has 2 heterocycles. The number of hydrogen-bond acceptors (Lipinski definition) is 3. The smallest absolute Gasteiger partial charge is 0.134 e. The molecular weight excluding hydrogens is 418 g/mol. The molecule has 5 heteroatoms. The Morgan fingerprint density at radius 3 is 2.22 bits per heavy atom. The molecule has 32 heavy (non-hydrogen) atoms. The van der Waals surface area contributed by atoms with Crippen LogP contribution in [0, 0.1) is 19.3 Å². The van der Waals surface area contributed by atoms with Gasteiger partial charge in [0.15, 0.2) is 0 Å². The van der Waals surface area contributed by atoms with Crippen molar-refractivity contribution in [2.24, 2.45) is 11.1 Å². The zero-order chi connectivity index (χ0) is 23.8. The molecule has 172 valence electrons. The van der Waals surface area contributed by atoms with Gasteiger partial charge in [0.2, 0.25) is 0 Å². The quantitative estimate of drug-likeness (QED) is 0.490. The molecular formula is C27H36ClN3O. The zero-order valence-electron chi connectivity index (χ0n) is 20.5. The molecule has 0 saturated heterocycles. The molecule has 0 atom stereocenters. The van der Waals surface area contributed by atoms with Gasteiger partial charge in [-0.05, 0) is 66.6 Å². The van der Waals surface area contributed by atoms with Crippen LogP contribution >= 0.6 is 11.6 Å². The predicted molar refractivity (Wildman–Crippen MR) is 138 cm³/mol. The van der Waals surface area contributed by atoms with E-state index in [1.54, 1.807) is 6.92 Å². The standard InChI is InChI=1S/C22H24ClN3O.C5H12/c1-13-10-19-20(16-4-6-17(23)7-5-16)18(11-14(2)27)15(3)21-22(19)26(13)9-8-25(21)12-24;1-5(2,3)4/h4-7,10H,8-9,11-12,24H2,1-3H3;1-4H3. The molecule has 0 radical (unpaired) electrons. The van der Waals surface area contributed by atoms with Gasteiger partial charge in [-0.2, -0.15) is 0 Å². The van der Waals surface area contributed by atoms with Gasteiger partial charge >= 0.3 is 0 Å². The molecule has 1 aromatic heterocycles. The van der Waals surface area contributed by atoms with E-state index in [1.165, 1.54) is 22.3 Å². The molecule has 0 bridgehead atoms. The summed E-state index contributed by atoms with van der Waals surface area (Å²) in [4.78, 5) is 14.3. The number of Topliss-reactive ketones (excluding diaryl/α,β-unsaturated/α-hetero) is 1. The Morgan fingerprint density at radius 1 is 1.09 bits per heavy atom. The van der Waals surface area contributed by atoms with Gasteiger partial charge in [0.05, 0.1) is 17.9 Å². The Kier molecular flexibility index (Phi) is 7.06. The number of rotatable bonds is 4. The number of carbonyl (C=O) groups is 1. The highest BCUT2D eigenvalue weighted by Crippen LogP contribution is 2.44. The van der Waals surface area contributed by atoms with E-state index in [1.807, 2.05) is 24.3 Å². The van der Waals surface area contributed by atoms with E-state index in [0.717, 1.165) is 35.3 Å². The van der Waals surface area contributed by atoms with Crippen molar-refractivity contribution in [2.45, 2.75) is 61.4 Å². The van der Waals surface area contributed by atoms with E-state index >= 15 is 0 Å². The van der Waals surface area contributed by atoms with Crippen LogP contribution < -0.4 is 10.6 Å². The van der Waals surface area contributed by atoms with Crippen molar-refractivity contribution >= 4 is 34.0 Å². The van der Waals surface area contributed by atoms with Crippen LogP contribution in [-0.4, -0.2) is 23.6 Å². The van der Waals surface area contributed by atoms with Gasteiger partial charge in [0, 0.05) is 35.6 Å². The van der Waals surface area contributed by atoms with Crippen molar-refractivity contribution in [1.82, 2.24) is 4.57 Å². The maximum absolute atomic E-state index is 12.1. The van der Waals surface area contributed by atoms with Crippen molar-refractivity contribution in [3.05, 3.63) is 52.2 Å². The van der Waals surface area contributed by atoms with Crippen LogP contribution in [0.5, 0.6) is 0 Å². The summed E-state index contributed by atoms with van der Waals surface area (Å²) in [6.07, 6.45) is 0.412. The Hall–Kier alpha value is -2.30. The SMILES string of the molecule is CC(=O)Cc1c(C)c2c3c(cc(C)n3CCN2CN)c1-c1ccc(Cl)cc1.CC(C)(C)C. The zero-order valence-corrected chi connectivity index (χ0v) is 21.2. The fourth-order valence-electron chi connectivity index (χ4n) is 4.40. The minimum atomic E-state index is 0.158. The highest BCUT2D eigenvalue weighted by molar-refractivity contribution is 6.30. The molecule has 2 aromatic carbocycles. The van der Waals surface area contributed by atoms with Gasteiger partial charge in [-0.15, -0.1) is 0 Å². The van der Waals surface area contributed by atoms with E-state index in [9.17, 15) is 4.79 Å². The fraction of sp³-hybridized carbons (Fsp3) is 0.444. The van der Waals surface area contributed by atoms with Crippen LogP contribution in [0.4, 0.5) is 5.69 Å². The second kappa shape index (κ2) is 9.29. The summed E-state index contributed by atoms with van der Waals surface area (Å²) >= 11 is 6.12. The second-order valence-corrected chi connectivity index (χ2v) is 10.8. The lowest BCUT2D eigenvalue weighted by Gasteiger charge is -2.33. The number of nitrogens with zero attached hydrogens (tertiary/aromatic N) is 2. The summed E-state index contributed by atoms with van der Waals surface area (Å²) < 4.78 is 2.38. The lowest BCUT2D eigenvalue weighted by Crippen LogP contribution is -2.37. The summed E-state index contributed by atoms with van der Waals surface area (Å²) in [5.41, 5.74) is 14.6. The first-order valence-electron chi connectivity index (χ1n) is 11.3. The highest BCUT2D eigenvalue weighted by atomic mass is 35.5. The third-order valence-electron chi connectivity index (χ3n) is 5.60. The molecule has 0 saturated carbocycles. The average Bonchev–Trinajstić information content (AvgIpc) is 3.02. The molecule has 0 amide bonds. The maximum Gasteiger partial charge on any atom is 0.134 e. The highest BCUT2D eigenvalue weighted by Gasteiger charge is 2.27. The van der Waals surface area contributed by atoms with Gasteiger partial charge in [-0.3, -0.25) is 4.79 Å². The second-order valence-electron chi connectivity index (χ2n) is 10.4. The molecule has 0 aliphatic carbocycles. The lowest BCUT2D eigenvalue weighted by atomic mass is 9.88. The minimum absolute atomic E-state index is 0.158. The number of aryl methyl sites for hydroxylation is 1. The summed E-state index contributed by atoms with van der Waals surface area (Å²) in [5.74, 6) is 0.158. The third-order valence-corrected chi connectivity index (χ3v) is 5.85. The van der Waals surface area contributed by atoms with Gasteiger partial charge < -0.3 is 15.2 Å². The Labute approximate surface area is 197 Å². The molecule has 4 nitrogen and oxygen atoms in total. The average molecular weight is 454 g/mol. The minimum Gasteiger partial charge on any atom is -0.355 e.